The Hall–Kier alpha value is -3.01. The maximum Gasteiger partial charge on any atom is 0.411 e. The van der Waals surface area contributed by atoms with Gasteiger partial charge in [0.1, 0.15) is 5.75 Å². The predicted octanol–water partition coefficient (Wildman–Crippen LogP) is 2.60. The number of carbonyl (C=O) groups excluding carboxylic acids is 1. The lowest BCUT2D eigenvalue weighted by molar-refractivity contribution is 0.0123. The van der Waals surface area contributed by atoms with Gasteiger partial charge in [0.2, 0.25) is 0 Å². The zero-order valence-corrected chi connectivity index (χ0v) is 15.7. The minimum Gasteiger partial charge on any atom is -0.497 e. The monoisotopic (exact) mass is 381 g/mol. The van der Waals surface area contributed by atoms with Gasteiger partial charge < -0.3 is 19.3 Å². The number of hydrogen-bond acceptors (Lipinski definition) is 5. The Morgan fingerprint density at radius 2 is 1.89 bits per heavy atom. The second-order valence-corrected chi connectivity index (χ2v) is 6.50. The Morgan fingerprint density at radius 1 is 1.18 bits per heavy atom. The van der Waals surface area contributed by atoms with E-state index in [0.717, 1.165) is 16.9 Å². The molecule has 0 spiro atoms. The Morgan fingerprint density at radius 3 is 2.54 bits per heavy atom. The Labute approximate surface area is 164 Å². The summed E-state index contributed by atoms with van der Waals surface area (Å²) >= 11 is 0. The molecule has 146 valence electrons. The first-order valence-electron chi connectivity index (χ1n) is 8.98. The summed E-state index contributed by atoms with van der Waals surface area (Å²) in [5.41, 5.74) is 1.92. The molecule has 1 unspecified atom stereocenters. The average molecular weight is 381 g/mol. The topological polar surface area (TPSA) is 68.2 Å². The van der Waals surface area contributed by atoms with E-state index in [2.05, 4.69) is 5.92 Å². The highest BCUT2D eigenvalue weighted by Crippen LogP contribution is 2.26. The summed E-state index contributed by atoms with van der Waals surface area (Å²) < 4.78 is 16.3. The first-order valence-corrected chi connectivity index (χ1v) is 8.98. The van der Waals surface area contributed by atoms with Crippen LogP contribution >= 0.6 is 0 Å². The summed E-state index contributed by atoms with van der Waals surface area (Å²) in [6.45, 7) is 0.900. The van der Waals surface area contributed by atoms with Crippen molar-refractivity contribution in [1.82, 2.24) is 4.90 Å². The molecular weight excluding hydrogens is 358 g/mol. The number of carbonyl (C=O) groups is 1. The van der Waals surface area contributed by atoms with Crippen LogP contribution in [0.4, 0.5) is 4.79 Å². The molecule has 0 aromatic heterocycles. The van der Waals surface area contributed by atoms with Crippen LogP contribution in [0.25, 0.3) is 0 Å². The smallest absolute Gasteiger partial charge is 0.411 e. The van der Waals surface area contributed by atoms with Gasteiger partial charge in [0.05, 0.1) is 26.4 Å². The number of rotatable bonds is 8. The van der Waals surface area contributed by atoms with Gasteiger partial charge in [0.15, 0.2) is 12.2 Å². The maximum absolute atomic E-state index is 12.4. The number of amides is 1. The molecule has 3 atom stereocenters. The molecule has 1 amide bonds. The summed E-state index contributed by atoms with van der Waals surface area (Å²) in [7, 11) is 1.60. The maximum atomic E-state index is 12.4. The van der Waals surface area contributed by atoms with E-state index in [1.165, 1.54) is 4.90 Å². The summed E-state index contributed by atoms with van der Waals surface area (Å²) in [6.07, 6.45) is 2.78. The minimum atomic E-state index is -1.20. The first kappa shape index (κ1) is 19.7. The van der Waals surface area contributed by atoms with Gasteiger partial charge in [-0.1, -0.05) is 48.4 Å². The number of terminal acetylenes is 1. The predicted molar refractivity (Wildman–Crippen MR) is 104 cm³/mol. The molecule has 1 aliphatic rings. The fourth-order valence-corrected chi connectivity index (χ4v) is 3.11. The number of ether oxygens (including phenoxy) is 3. The quantitative estimate of drug-likeness (QED) is 0.712. The molecule has 0 aliphatic carbocycles. The van der Waals surface area contributed by atoms with E-state index in [0.29, 0.717) is 13.2 Å². The van der Waals surface area contributed by atoms with Crippen LogP contribution in [0.5, 0.6) is 5.75 Å². The number of aliphatic hydroxyl groups excluding tert-OH is 1. The summed E-state index contributed by atoms with van der Waals surface area (Å²) in [4.78, 5) is 14.0. The number of aliphatic hydroxyl groups is 1. The van der Waals surface area contributed by atoms with E-state index < -0.39 is 24.3 Å². The molecule has 1 heterocycles. The van der Waals surface area contributed by atoms with Gasteiger partial charge in [0.25, 0.3) is 0 Å². The van der Waals surface area contributed by atoms with Crippen LogP contribution < -0.4 is 4.74 Å². The van der Waals surface area contributed by atoms with Crippen molar-refractivity contribution < 1.29 is 24.1 Å². The lowest BCUT2D eigenvalue weighted by Gasteiger charge is -2.25. The van der Waals surface area contributed by atoms with Gasteiger partial charge in [-0.2, -0.15) is 0 Å². The van der Waals surface area contributed by atoms with Crippen molar-refractivity contribution in [3.8, 4) is 18.1 Å². The summed E-state index contributed by atoms with van der Waals surface area (Å²) in [5.74, 6) is 2.98. The highest BCUT2D eigenvalue weighted by atomic mass is 16.6. The van der Waals surface area contributed by atoms with E-state index >= 15 is 0 Å². The molecule has 6 heteroatoms. The van der Waals surface area contributed by atoms with E-state index in [-0.39, 0.29) is 6.61 Å². The lowest BCUT2D eigenvalue weighted by atomic mass is 10.1. The van der Waals surface area contributed by atoms with Gasteiger partial charge in [0, 0.05) is 6.54 Å². The van der Waals surface area contributed by atoms with Gasteiger partial charge >= 0.3 is 6.09 Å². The van der Waals surface area contributed by atoms with Crippen molar-refractivity contribution in [3.63, 3.8) is 0 Å². The molecule has 0 radical (unpaired) electrons. The van der Waals surface area contributed by atoms with Gasteiger partial charge in [-0.05, 0) is 23.3 Å². The molecule has 1 N–H and O–H groups in total. The van der Waals surface area contributed by atoms with Crippen LogP contribution in [0.1, 0.15) is 11.1 Å². The SMILES string of the molecule is C#CC(O)[C@H]1OC(=O)N(Cc2ccc(OC)cc2)[C@H]1COCc1ccccc1. The van der Waals surface area contributed by atoms with Crippen molar-refractivity contribution in [2.75, 3.05) is 13.7 Å². The molecule has 1 saturated heterocycles. The molecule has 2 aromatic rings. The molecule has 2 aromatic carbocycles. The largest absolute Gasteiger partial charge is 0.497 e. The molecular formula is C22H23NO5. The average Bonchev–Trinajstić information content (AvgIpc) is 3.04. The first-order chi connectivity index (χ1) is 13.6. The normalized spacial score (nSPS) is 19.8. The number of benzene rings is 2. The van der Waals surface area contributed by atoms with Gasteiger partial charge in [-0.15, -0.1) is 6.42 Å². The minimum absolute atomic E-state index is 0.195. The fourth-order valence-electron chi connectivity index (χ4n) is 3.11. The number of hydrogen-bond donors (Lipinski definition) is 1. The van der Waals surface area contributed by atoms with Crippen molar-refractivity contribution in [3.05, 3.63) is 65.7 Å². The highest BCUT2D eigenvalue weighted by Gasteiger charge is 2.45. The second kappa shape index (κ2) is 9.27. The summed E-state index contributed by atoms with van der Waals surface area (Å²) in [6, 6.07) is 16.6. The van der Waals surface area contributed by atoms with Crippen LogP contribution in [0.2, 0.25) is 0 Å². The molecule has 0 saturated carbocycles. The van der Waals surface area contributed by atoms with E-state index in [1.807, 2.05) is 54.6 Å². The van der Waals surface area contributed by atoms with E-state index in [1.54, 1.807) is 7.11 Å². The third kappa shape index (κ3) is 4.63. The fraction of sp³-hybridized carbons (Fsp3) is 0.318. The van der Waals surface area contributed by atoms with Crippen LogP contribution in [0.15, 0.2) is 54.6 Å². The van der Waals surface area contributed by atoms with Gasteiger partial charge in [-0.3, -0.25) is 4.90 Å². The lowest BCUT2D eigenvalue weighted by Crippen LogP contribution is -2.44. The Balaban J connectivity index is 1.71. The van der Waals surface area contributed by atoms with Crippen LogP contribution in [-0.2, 0) is 22.6 Å². The molecule has 1 aliphatic heterocycles. The Bertz CT molecular complexity index is 815. The van der Waals surface area contributed by atoms with E-state index in [9.17, 15) is 9.90 Å². The third-order valence-electron chi connectivity index (χ3n) is 4.65. The van der Waals surface area contributed by atoms with Crippen LogP contribution in [-0.4, -0.2) is 48.1 Å². The van der Waals surface area contributed by atoms with E-state index in [4.69, 9.17) is 20.6 Å². The number of cyclic esters (lactones) is 1. The van der Waals surface area contributed by atoms with Crippen molar-refractivity contribution in [2.24, 2.45) is 0 Å². The van der Waals surface area contributed by atoms with Crippen LogP contribution in [0, 0.1) is 12.3 Å². The number of nitrogens with zero attached hydrogens (tertiary/aromatic N) is 1. The van der Waals surface area contributed by atoms with Crippen LogP contribution in [0.3, 0.4) is 0 Å². The molecule has 6 nitrogen and oxygen atoms in total. The number of methoxy groups -OCH3 is 1. The van der Waals surface area contributed by atoms with Crippen molar-refractivity contribution in [1.29, 1.82) is 0 Å². The standard InChI is InChI=1S/C22H23NO5/c1-3-20(24)21-19(15-27-14-17-7-5-4-6-8-17)23(22(25)28-21)13-16-9-11-18(26-2)12-10-16/h1,4-12,19-21,24H,13-15H2,2H3/t19-,20?,21-/m0/s1. The van der Waals surface area contributed by atoms with Crippen molar-refractivity contribution in [2.45, 2.75) is 31.4 Å². The molecule has 1 fully saturated rings. The Kier molecular flexibility index (Phi) is 6.53. The summed E-state index contributed by atoms with van der Waals surface area (Å²) in [5, 5.41) is 10.1. The van der Waals surface area contributed by atoms with Crippen molar-refractivity contribution >= 4 is 6.09 Å². The molecule has 3 rings (SSSR count). The van der Waals surface area contributed by atoms with Gasteiger partial charge in [-0.25, -0.2) is 4.79 Å². The molecule has 28 heavy (non-hydrogen) atoms. The third-order valence-corrected chi connectivity index (χ3v) is 4.65. The zero-order valence-electron chi connectivity index (χ0n) is 15.7. The highest BCUT2D eigenvalue weighted by molar-refractivity contribution is 5.71. The second-order valence-electron chi connectivity index (χ2n) is 6.50. The zero-order chi connectivity index (χ0) is 19.9. The molecule has 0 bridgehead atoms.